The SMILES string of the molecule is CC1=CC(C)=NC2=S=C(C(=O)C(F)(F)F)C(=O)N12. The summed E-state index contributed by atoms with van der Waals surface area (Å²) in [4.78, 5) is 27.0. The molecule has 0 saturated heterocycles. The van der Waals surface area contributed by atoms with Crippen molar-refractivity contribution >= 4 is 38.3 Å². The molecule has 0 unspecified atom stereocenters. The van der Waals surface area contributed by atoms with Crippen molar-refractivity contribution in [2.75, 3.05) is 0 Å². The van der Waals surface area contributed by atoms with Crippen molar-refractivity contribution < 1.29 is 22.8 Å². The highest BCUT2D eigenvalue weighted by Gasteiger charge is 2.47. The summed E-state index contributed by atoms with van der Waals surface area (Å²) in [5.74, 6) is -3.10. The van der Waals surface area contributed by atoms with E-state index in [0.29, 0.717) is 22.3 Å². The zero-order chi connectivity index (χ0) is 13.7. The molecule has 96 valence electrons. The fourth-order valence-electron chi connectivity index (χ4n) is 1.58. The van der Waals surface area contributed by atoms with Gasteiger partial charge in [0.25, 0.3) is 11.7 Å². The second kappa shape index (κ2) is 3.91. The molecule has 1 amide bonds. The third-order valence-corrected chi connectivity index (χ3v) is 3.31. The molecule has 0 bridgehead atoms. The Bertz CT molecular complexity index is 595. The van der Waals surface area contributed by atoms with Gasteiger partial charge in [0.2, 0.25) is 0 Å². The van der Waals surface area contributed by atoms with Gasteiger partial charge in [0, 0.05) is 11.4 Å². The Kier molecular flexibility index (Phi) is 2.77. The van der Waals surface area contributed by atoms with Crippen LogP contribution >= 0.6 is 10.9 Å². The van der Waals surface area contributed by atoms with Crippen LogP contribution in [0.3, 0.4) is 0 Å². The molecule has 0 saturated carbocycles. The van der Waals surface area contributed by atoms with E-state index in [1.807, 2.05) is 0 Å². The van der Waals surface area contributed by atoms with Gasteiger partial charge in [-0.15, -0.1) is 0 Å². The normalized spacial score (nSPS) is 19.4. The lowest BCUT2D eigenvalue weighted by atomic mass is 10.2. The van der Waals surface area contributed by atoms with Gasteiger partial charge in [-0.1, -0.05) is 10.9 Å². The first-order chi connectivity index (χ1) is 8.21. The molecule has 2 aliphatic rings. The molecule has 0 N–H and O–H groups in total. The largest absolute Gasteiger partial charge is 0.455 e. The Morgan fingerprint density at radius 3 is 2.56 bits per heavy atom. The van der Waals surface area contributed by atoms with Crippen LogP contribution in [0.2, 0.25) is 0 Å². The predicted octanol–water partition coefficient (Wildman–Crippen LogP) is 1.33. The van der Waals surface area contributed by atoms with Crippen LogP contribution in [0.15, 0.2) is 16.8 Å². The Morgan fingerprint density at radius 1 is 1.39 bits per heavy atom. The summed E-state index contributed by atoms with van der Waals surface area (Å²) in [6.45, 7) is 3.22. The second-order valence-corrected chi connectivity index (χ2v) is 4.70. The van der Waals surface area contributed by atoms with Gasteiger partial charge in [0.15, 0.2) is 5.11 Å². The molecule has 0 aromatic carbocycles. The lowest BCUT2D eigenvalue weighted by Gasteiger charge is -2.21. The molecular formula is C10H7F3N2O2S. The highest BCUT2D eigenvalue weighted by molar-refractivity contribution is 8.01. The molecule has 2 aliphatic heterocycles. The molecule has 0 atom stereocenters. The maximum absolute atomic E-state index is 12.3. The van der Waals surface area contributed by atoms with E-state index in [1.54, 1.807) is 19.9 Å². The number of rotatable bonds is 1. The van der Waals surface area contributed by atoms with Crippen LogP contribution in [-0.4, -0.2) is 38.5 Å². The molecule has 8 heteroatoms. The van der Waals surface area contributed by atoms with Crippen molar-refractivity contribution in [3.63, 3.8) is 0 Å². The number of halogens is 3. The van der Waals surface area contributed by atoms with Crippen LogP contribution < -0.4 is 0 Å². The standard InChI is InChI=1S/C10H7F3N2O2S/c1-4-3-5(2)15-8(17)6(18-9(15)14-4)7(16)10(11,12)13/h3H,1-2H3. The van der Waals surface area contributed by atoms with Crippen LogP contribution in [0, 0.1) is 0 Å². The van der Waals surface area contributed by atoms with Crippen molar-refractivity contribution in [1.29, 1.82) is 0 Å². The van der Waals surface area contributed by atoms with Crippen molar-refractivity contribution in [3.05, 3.63) is 11.8 Å². The molecule has 0 radical (unpaired) electrons. The Balaban J connectivity index is 2.50. The van der Waals surface area contributed by atoms with Crippen LogP contribution in [0.4, 0.5) is 13.2 Å². The number of Topliss-reactive ketones (excluding diaryl/α,β-unsaturated/α-hetero) is 1. The number of aliphatic imine (C=N–C) groups is 1. The van der Waals surface area contributed by atoms with Crippen LogP contribution in [-0.2, 0) is 9.59 Å². The number of nitrogens with zero attached hydrogens (tertiary/aromatic N) is 2. The van der Waals surface area contributed by atoms with Gasteiger partial charge in [-0.2, -0.15) is 13.2 Å². The van der Waals surface area contributed by atoms with Gasteiger partial charge in [0.1, 0.15) is 4.86 Å². The van der Waals surface area contributed by atoms with Crippen LogP contribution in [0.1, 0.15) is 13.8 Å². The third kappa shape index (κ3) is 1.92. The van der Waals surface area contributed by atoms with Crippen molar-refractivity contribution in [1.82, 2.24) is 4.90 Å². The molecule has 0 spiro atoms. The number of fused-ring (bicyclic) bond motifs is 1. The molecule has 18 heavy (non-hydrogen) atoms. The van der Waals surface area contributed by atoms with E-state index in [1.165, 1.54) is 0 Å². The smallest absolute Gasteiger partial charge is 0.283 e. The summed E-state index contributed by atoms with van der Waals surface area (Å²) in [6.07, 6.45) is -3.49. The zero-order valence-electron chi connectivity index (χ0n) is 9.33. The highest BCUT2D eigenvalue weighted by atomic mass is 32.1. The number of hydrogen-bond acceptors (Lipinski definition) is 3. The maximum Gasteiger partial charge on any atom is 0.455 e. The van der Waals surface area contributed by atoms with Gasteiger partial charge in [0.05, 0.1) is 0 Å². The summed E-state index contributed by atoms with van der Waals surface area (Å²) in [7, 11) is 0.457. The molecule has 0 aromatic heterocycles. The summed E-state index contributed by atoms with van der Waals surface area (Å²) < 4.78 is 36.9. The van der Waals surface area contributed by atoms with E-state index in [-0.39, 0.29) is 5.11 Å². The van der Waals surface area contributed by atoms with E-state index >= 15 is 0 Å². The summed E-state index contributed by atoms with van der Waals surface area (Å²) in [5.41, 5.74) is 1.01. The van der Waals surface area contributed by atoms with Crippen LogP contribution in [0.5, 0.6) is 0 Å². The Morgan fingerprint density at radius 2 is 2.00 bits per heavy atom. The van der Waals surface area contributed by atoms with Gasteiger partial charge in [-0.25, -0.2) is 4.99 Å². The fraction of sp³-hybridized carbons (Fsp3) is 0.300. The molecule has 0 aliphatic carbocycles. The first-order valence-electron chi connectivity index (χ1n) is 4.83. The van der Waals surface area contributed by atoms with Gasteiger partial charge < -0.3 is 0 Å². The third-order valence-electron chi connectivity index (χ3n) is 2.29. The van der Waals surface area contributed by atoms with Crippen molar-refractivity contribution in [2.45, 2.75) is 20.0 Å². The lowest BCUT2D eigenvalue weighted by Crippen LogP contribution is -2.41. The van der Waals surface area contributed by atoms with Gasteiger partial charge in [-0.05, 0) is 19.9 Å². The molecule has 0 aromatic rings. The lowest BCUT2D eigenvalue weighted by molar-refractivity contribution is -0.163. The fourth-order valence-corrected chi connectivity index (χ4v) is 2.65. The monoisotopic (exact) mass is 276 g/mol. The minimum atomic E-state index is -5.05. The number of carbonyl (C=O) groups excluding carboxylic acids is 2. The zero-order valence-corrected chi connectivity index (χ0v) is 10.1. The molecule has 4 nitrogen and oxygen atoms in total. The average Bonchev–Trinajstić information content (AvgIpc) is 2.53. The maximum atomic E-state index is 12.3. The number of hydrogen-bond donors (Lipinski definition) is 0. The van der Waals surface area contributed by atoms with Crippen LogP contribution in [0.25, 0.3) is 0 Å². The predicted molar refractivity (Wildman–Crippen MR) is 62.4 cm³/mol. The summed E-state index contributed by atoms with van der Waals surface area (Å²) >= 11 is 0. The number of amides is 1. The van der Waals surface area contributed by atoms with Crippen molar-refractivity contribution in [3.8, 4) is 0 Å². The first-order valence-corrected chi connectivity index (χ1v) is 5.65. The molecule has 2 heterocycles. The van der Waals surface area contributed by atoms with E-state index in [2.05, 4.69) is 4.99 Å². The number of allylic oxidation sites excluding steroid dienone is 2. The molecule has 0 fully saturated rings. The van der Waals surface area contributed by atoms with E-state index in [4.69, 9.17) is 0 Å². The highest BCUT2D eigenvalue weighted by Crippen LogP contribution is 2.24. The molecular weight excluding hydrogens is 269 g/mol. The first kappa shape index (κ1) is 12.7. The Labute approximate surface area is 103 Å². The number of ketones is 1. The average molecular weight is 276 g/mol. The van der Waals surface area contributed by atoms with E-state index in [0.717, 1.165) is 4.90 Å². The topological polar surface area (TPSA) is 49.7 Å². The number of alkyl halides is 3. The minimum Gasteiger partial charge on any atom is -0.283 e. The van der Waals surface area contributed by atoms with E-state index in [9.17, 15) is 22.8 Å². The minimum absolute atomic E-state index is 0.0881. The Hall–Kier alpha value is -1.70. The van der Waals surface area contributed by atoms with E-state index < -0.39 is 22.7 Å². The van der Waals surface area contributed by atoms with Crippen molar-refractivity contribution in [2.24, 2.45) is 4.99 Å². The van der Waals surface area contributed by atoms with Gasteiger partial charge >= 0.3 is 6.18 Å². The summed E-state index contributed by atoms with van der Waals surface area (Å²) in [5, 5.41) is 0.0881. The number of carbonyl (C=O) groups is 2. The van der Waals surface area contributed by atoms with Gasteiger partial charge in [-0.3, -0.25) is 14.5 Å². The summed E-state index contributed by atoms with van der Waals surface area (Å²) in [6, 6.07) is 0. The second-order valence-electron chi connectivity index (χ2n) is 3.72. The quantitative estimate of drug-likeness (QED) is 0.678. The molecule has 2 rings (SSSR count).